The van der Waals surface area contributed by atoms with Crippen LogP contribution in [0.5, 0.6) is 5.75 Å². The van der Waals surface area contributed by atoms with Gasteiger partial charge in [-0.05, 0) is 31.5 Å². The fourth-order valence-electron chi connectivity index (χ4n) is 2.05. The van der Waals surface area contributed by atoms with Gasteiger partial charge >= 0.3 is 0 Å². The van der Waals surface area contributed by atoms with Crippen LogP contribution in [0.3, 0.4) is 0 Å². The molecule has 0 aliphatic carbocycles. The van der Waals surface area contributed by atoms with E-state index in [4.69, 9.17) is 22.1 Å². The zero-order chi connectivity index (χ0) is 14.7. The van der Waals surface area contributed by atoms with Crippen molar-refractivity contribution in [3.63, 3.8) is 0 Å². The number of aryl methyl sites for hydroxylation is 2. The molecule has 2 N–H and O–H groups in total. The van der Waals surface area contributed by atoms with Crippen molar-refractivity contribution in [2.24, 2.45) is 12.8 Å². The summed E-state index contributed by atoms with van der Waals surface area (Å²) < 4.78 is 21.0. The van der Waals surface area contributed by atoms with Crippen LogP contribution in [0, 0.1) is 12.7 Å². The summed E-state index contributed by atoms with van der Waals surface area (Å²) in [6.07, 6.45) is 0.562. The van der Waals surface area contributed by atoms with E-state index < -0.39 is 5.82 Å². The van der Waals surface area contributed by atoms with E-state index in [1.54, 1.807) is 17.8 Å². The maximum Gasteiger partial charge on any atom is 0.165 e. The van der Waals surface area contributed by atoms with Gasteiger partial charge in [-0.3, -0.25) is 4.68 Å². The van der Waals surface area contributed by atoms with E-state index in [0.29, 0.717) is 18.1 Å². The zero-order valence-electron chi connectivity index (χ0n) is 11.5. The molecule has 0 bridgehead atoms. The Morgan fingerprint density at radius 2 is 2.20 bits per heavy atom. The van der Waals surface area contributed by atoms with E-state index in [9.17, 15) is 4.39 Å². The van der Waals surface area contributed by atoms with Crippen molar-refractivity contribution in [1.82, 2.24) is 9.78 Å². The number of rotatable bonds is 5. The van der Waals surface area contributed by atoms with Crippen molar-refractivity contribution in [2.75, 3.05) is 6.54 Å². The smallest absolute Gasteiger partial charge is 0.165 e. The van der Waals surface area contributed by atoms with Gasteiger partial charge in [0.1, 0.15) is 11.8 Å². The molecule has 4 nitrogen and oxygen atoms in total. The number of hydrogen-bond donors (Lipinski definition) is 1. The number of halogens is 2. The average molecular weight is 298 g/mol. The van der Waals surface area contributed by atoms with Crippen molar-refractivity contribution in [2.45, 2.75) is 20.0 Å². The van der Waals surface area contributed by atoms with Gasteiger partial charge in [-0.25, -0.2) is 4.39 Å². The van der Waals surface area contributed by atoms with Crippen molar-refractivity contribution < 1.29 is 9.13 Å². The lowest BCUT2D eigenvalue weighted by atomic mass is 10.1. The molecule has 0 aliphatic heterocycles. The highest BCUT2D eigenvalue weighted by atomic mass is 35.5. The van der Waals surface area contributed by atoms with Crippen molar-refractivity contribution in [3.8, 4) is 5.75 Å². The second-order valence-corrected chi connectivity index (χ2v) is 4.89. The third kappa shape index (κ3) is 2.94. The van der Waals surface area contributed by atoms with Crippen LogP contribution in [0.25, 0.3) is 0 Å². The lowest BCUT2D eigenvalue weighted by Gasteiger charge is -2.12. The number of hydrogen-bond acceptors (Lipinski definition) is 3. The number of aromatic nitrogens is 2. The molecule has 1 heterocycles. The Bertz CT molecular complexity index is 613. The van der Waals surface area contributed by atoms with Crippen molar-refractivity contribution >= 4 is 11.6 Å². The van der Waals surface area contributed by atoms with E-state index in [2.05, 4.69) is 5.10 Å². The number of nitrogens with two attached hydrogens (primary N) is 1. The van der Waals surface area contributed by atoms with Crippen LogP contribution in [-0.4, -0.2) is 16.3 Å². The van der Waals surface area contributed by atoms with E-state index in [1.165, 1.54) is 6.07 Å². The largest absolute Gasteiger partial charge is 0.485 e. The molecule has 2 aromatic rings. The molecule has 108 valence electrons. The fraction of sp³-hybridized carbons (Fsp3) is 0.357. The summed E-state index contributed by atoms with van der Waals surface area (Å²) >= 11 is 6.13. The Labute approximate surface area is 122 Å². The molecule has 0 saturated carbocycles. The minimum Gasteiger partial charge on any atom is -0.485 e. The summed E-state index contributed by atoms with van der Waals surface area (Å²) in [5, 5.41) is 4.69. The number of benzene rings is 1. The quantitative estimate of drug-likeness (QED) is 0.923. The first-order valence-corrected chi connectivity index (χ1v) is 6.70. The van der Waals surface area contributed by atoms with Gasteiger partial charge in [-0.1, -0.05) is 23.7 Å². The van der Waals surface area contributed by atoms with Crippen LogP contribution in [-0.2, 0) is 20.1 Å². The first-order chi connectivity index (χ1) is 9.54. The summed E-state index contributed by atoms with van der Waals surface area (Å²) in [6.45, 7) is 2.45. The normalized spacial score (nSPS) is 10.8. The minimum atomic E-state index is -0.395. The summed E-state index contributed by atoms with van der Waals surface area (Å²) in [4.78, 5) is 0. The van der Waals surface area contributed by atoms with Gasteiger partial charge in [0.2, 0.25) is 0 Å². The van der Waals surface area contributed by atoms with Crippen LogP contribution in [0.2, 0.25) is 5.15 Å². The highest BCUT2D eigenvalue weighted by Gasteiger charge is 2.14. The Morgan fingerprint density at radius 1 is 1.45 bits per heavy atom. The number of ether oxygens (including phenoxy) is 1. The number of nitrogens with zero attached hydrogens (tertiary/aromatic N) is 2. The van der Waals surface area contributed by atoms with Gasteiger partial charge in [0.25, 0.3) is 0 Å². The van der Waals surface area contributed by atoms with Crippen LogP contribution in [0.15, 0.2) is 18.2 Å². The Hall–Kier alpha value is -1.59. The third-order valence-corrected chi connectivity index (χ3v) is 3.57. The molecule has 1 aromatic heterocycles. The van der Waals surface area contributed by atoms with Gasteiger partial charge in [-0.15, -0.1) is 0 Å². The molecule has 0 radical (unpaired) electrons. The highest BCUT2D eigenvalue weighted by Crippen LogP contribution is 2.26. The second-order valence-electron chi connectivity index (χ2n) is 4.53. The predicted octanol–water partition coefficient (Wildman–Crippen LogP) is 2.60. The summed E-state index contributed by atoms with van der Waals surface area (Å²) in [6, 6.07) is 4.82. The molecule has 0 spiro atoms. The van der Waals surface area contributed by atoms with Crippen LogP contribution in [0.1, 0.15) is 16.8 Å². The summed E-state index contributed by atoms with van der Waals surface area (Å²) in [5.41, 5.74) is 7.81. The van der Waals surface area contributed by atoms with Gasteiger partial charge in [0.05, 0.1) is 5.69 Å². The van der Waals surface area contributed by atoms with E-state index in [-0.39, 0.29) is 12.4 Å². The number of para-hydroxylation sites is 1. The standard InChI is InChI=1S/C14H17ClFN3O/c1-9-11(14(15)19(2)18-9)8-20-13-10(6-7-17)4-3-5-12(13)16/h3-5H,6-8,17H2,1-2H3. The Kier molecular flexibility index (Phi) is 4.62. The van der Waals surface area contributed by atoms with Crippen LogP contribution in [0.4, 0.5) is 4.39 Å². The summed E-state index contributed by atoms with van der Waals surface area (Å²) in [7, 11) is 1.75. The zero-order valence-corrected chi connectivity index (χ0v) is 12.2. The lowest BCUT2D eigenvalue weighted by Crippen LogP contribution is -2.07. The van der Waals surface area contributed by atoms with Gasteiger partial charge in [-0.2, -0.15) is 5.10 Å². The maximum atomic E-state index is 13.9. The first kappa shape index (κ1) is 14.8. The van der Waals surface area contributed by atoms with Crippen molar-refractivity contribution in [1.29, 1.82) is 0 Å². The molecular weight excluding hydrogens is 281 g/mol. The van der Waals surface area contributed by atoms with E-state index in [0.717, 1.165) is 16.8 Å². The van der Waals surface area contributed by atoms with Gasteiger partial charge in [0, 0.05) is 12.6 Å². The monoisotopic (exact) mass is 297 g/mol. The van der Waals surface area contributed by atoms with Crippen LogP contribution >= 0.6 is 11.6 Å². The molecular formula is C14H17ClFN3O. The Balaban J connectivity index is 2.22. The van der Waals surface area contributed by atoms with Crippen LogP contribution < -0.4 is 10.5 Å². The molecule has 0 unspecified atom stereocenters. The molecule has 2 rings (SSSR count). The second kappa shape index (κ2) is 6.24. The average Bonchev–Trinajstić information content (AvgIpc) is 2.64. The van der Waals surface area contributed by atoms with Crippen molar-refractivity contribution in [3.05, 3.63) is 46.0 Å². The van der Waals surface area contributed by atoms with E-state index >= 15 is 0 Å². The molecule has 0 atom stereocenters. The first-order valence-electron chi connectivity index (χ1n) is 6.32. The summed E-state index contributed by atoms with van der Waals surface area (Å²) in [5.74, 6) is -0.161. The predicted molar refractivity (Wildman–Crippen MR) is 76.4 cm³/mol. The molecule has 0 saturated heterocycles. The van der Waals surface area contributed by atoms with Gasteiger partial charge < -0.3 is 10.5 Å². The molecule has 0 fully saturated rings. The molecule has 0 amide bonds. The maximum absolute atomic E-state index is 13.9. The highest BCUT2D eigenvalue weighted by molar-refractivity contribution is 6.30. The Morgan fingerprint density at radius 3 is 2.80 bits per heavy atom. The molecule has 0 aliphatic rings. The SMILES string of the molecule is Cc1nn(C)c(Cl)c1COc1c(F)cccc1CCN. The topological polar surface area (TPSA) is 53.1 Å². The molecule has 20 heavy (non-hydrogen) atoms. The fourth-order valence-corrected chi connectivity index (χ4v) is 2.28. The lowest BCUT2D eigenvalue weighted by molar-refractivity contribution is 0.286. The third-order valence-electron chi connectivity index (χ3n) is 3.09. The minimum absolute atomic E-state index is 0.178. The molecule has 1 aromatic carbocycles. The molecule has 6 heteroatoms. The van der Waals surface area contributed by atoms with E-state index in [1.807, 2.05) is 13.0 Å². The van der Waals surface area contributed by atoms with Gasteiger partial charge in [0.15, 0.2) is 11.6 Å².